The van der Waals surface area contributed by atoms with Crippen LogP contribution in [0.15, 0.2) is 30.3 Å². The Labute approximate surface area is 143 Å². The number of nitrogens with one attached hydrogen (secondary N) is 1. The van der Waals surface area contributed by atoms with E-state index in [2.05, 4.69) is 26.1 Å². The molecule has 0 aliphatic heterocycles. The van der Waals surface area contributed by atoms with Gasteiger partial charge in [-0.2, -0.15) is 5.10 Å². The summed E-state index contributed by atoms with van der Waals surface area (Å²) in [5.41, 5.74) is 3.06. The highest BCUT2D eigenvalue weighted by Crippen LogP contribution is 2.28. The van der Waals surface area contributed by atoms with Gasteiger partial charge in [0.2, 0.25) is 0 Å². The molecule has 0 amide bonds. The molecular weight excluding hydrogens is 310 g/mol. The third kappa shape index (κ3) is 4.56. The lowest BCUT2D eigenvalue weighted by atomic mass is 10.1. The van der Waals surface area contributed by atoms with Crippen LogP contribution in [0.2, 0.25) is 5.15 Å². The molecule has 0 radical (unpaired) electrons. The molecule has 0 spiro atoms. The zero-order valence-corrected chi connectivity index (χ0v) is 14.8. The minimum Gasteiger partial charge on any atom is -0.396 e. The van der Waals surface area contributed by atoms with Crippen molar-refractivity contribution >= 4 is 11.6 Å². The first-order valence-corrected chi connectivity index (χ1v) is 8.59. The van der Waals surface area contributed by atoms with Crippen molar-refractivity contribution in [2.75, 3.05) is 6.61 Å². The minimum absolute atomic E-state index is 0.232. The van der Waals surface area contributed by atoms with Gasteiger partial charge in [-0.25, -0.2) is 4.68 Å². The number of halogens is 1. The fourth-order valence-electron chi connectivity index (χ4n) is 2.59. The molecule has 4 nitrogen and oxygen atoms in total. The van der Waals surface area contributed by atoms with E-state index in [1.54, 1.807) is 0 Å². The third-order valence-electron chi connectivity index (χ3n) is 3.92. The molecule has 2 N–H and O–H groups in total. The summed E-state index contributed by atoms with van der Waals surface area (Å²) in [7, 11) is 0. The average molecular weight is 336 g/mol. The van der Waals surface area contributed by atoms with Crippen molar-refractivity contribution in [3.63, 3.8) is 0 Å². The number of rotatable bonds is 8. The standard InChI is InChI=1S/C18H26ClN3O/c1-13(2)17-16(12-20-14(3)8-7-11-23)18(19)22(21-17)15-9-5-4-6-10-15/h4-6,9-10,13-14,20,23H,7-8,11-12H2,1-3H3. The predicted molar refractivity (Wildman–Crippen MR) is 95.3 cm³/mol. The van der Waals surface area contributed by atoms with Gasteiger partial charge in [0.1, 0.15) is 5.15 Å². The Morgan fingerprint density at radius 3 is 2.52 bits per heavy atom. The smallest absolute Gasteiger partial charge is 0.137 e. The molecule has 0 saturated heterocycles. The lowest BCUT2D eigenvalue weighted by Crippen LogP contribution is -2.26. The molecule has 0 aliphatic rings. The molecule has 23 heavy (non-hydrogen) atoms. The molecule has 2 rings (SSSR count). The van der Waals surface area contributed by atoms with Gasteiger partial charge in [0.15, 0.2) is 0 Å². The summed E-state index contributed by atoms with van der Waals surface area (Å²) in [5.74, 6) is 0.307. The van der Waals surface area contributed by atoms with Gasteiger partial charge in [0.25, 0.3) is 0 Å². The molecule has 1 heterocycles. The molecule has 126 valence electrons. The van der Waals surface area contributed by atoms with Crippen molar-refractivity contribution in [2.45, 2.75) is 52.1 Å². The van der Waals surface area contributed by atoms with Crippen LogP contribution in [0.25, 0.3) is 5.69 Å². The predicted octanol–water partition coefficient (Wildman–Crippen LogP) is 3.90. The summed E-state index contributed by atoms with van der Waals surface area (Å²) < 4.78 is 1.81. The van der Waals surface area contributed by atoms with Gasteiger partial charge in [0, 0.05) is 24.8 Å². The number of aliphatic hydroxyl groups is 1. The second-order valence-corrected chi connectivity index (χ2v) is 6.56. The topological polar surface area (TPSA) is 50.1 Å². The minimum atomic E-state index is 0.232. The van der Waals surface area contributed by atoms with E-state index in [0.717, 1.165) is 29.8 Å². The Balaban J connectivity index is 2.22. The molecule has 1 unspecified atom stereocenters. The SMILES string of the molecule is CC(CCCO)NCc1c(C(C)C)nn(-c2ccccc2)c1Cl. The van der Waals surface area contributed by atoms with E-state index in [9.17, 15) is 0 Å². The van der Waals surface area contributed by atoms with Crippen LogP contribution < -0.4 is 5.32 Å². The molecule has 1 atom stereocenters. The highest BCUT2D eigenvalue weighted by molar-refractivity contribution is 6.30. The van der Waals surface area contributed by atoms with E-state index >= 15 is 0 Å². The van der Waals surface area contributed by atoms with Crippen molar-refractivity contribution in [3.05, 3.63) is 46.7 Å². The van der Waals surface area contributed by atoms with E-state index in [0.29, 0.717) is 23.7 Å². The van der Waals surface area contributed by atoms with Crippen molar-refractivity contribution in [2.24, 2.45) is 0 Å². The average Bonchev–Trinajstić information content (AvgIpc) is 2.88. The fraction of sp³-hybridized carbons (Fsp3) is 0.500. The Bertz CT molecular complexity index is 610. The second-order valence-electron chi connectivity index (χ2n) is 6.20. The lowest BCUT2D eigenvalue weighted by molar-refractivity contribution is 0.276. The lowest BCUT2D eigenvalue weighted by Gasteiger charge is -2.14. The maximum atomic E-state index is 8.93. The summed E-state index contributed by atoms with van der Waals surface area (Å²) >= 11 is 6.62. The summed E-state index contributed by atoms with van der Waals surface area (Å²) in [5, 5.41) is 17.8. The second kappa shape index (κ2) is 8.48. The van der Waals surface area contributed by atoms with Crippen molar-refractivity contribution in [1.29, 1.82) is 0 Å². The molecule has 0 saturated carbocycles. The number of hydrogen-bond donors (Lipinski definition) is 2. The first-order valence-electron chi connectivity index (χ1n) is 8.21. The van der Waals surface area contributed by atoms with Crippen LogP contribution in [0.3, 0.4) is 0 Å². The number of para-hydroxylation sites is 1. The zero-order valence-electron chi connectivity index (χ0n) is 14.1. The monoisotopic (exact) mass is 335 g/mol. The van der Waals surface area contributed by atoms with Crippen LogP contribution in [0.5, 0.6) is 0 Å². The first kappa shape index (κ1) is 18.0. The number of nitrogens with zero attached hydrogens (tertiary/aromatic N) is 2. The summed E-state index contributed by atoms with van der Waals surface area (Å²) in [4.78, 5) is 0. The zero-order chi connectivity index (χ0) is 16.8. The largest absolute Gasteiger partial charge is 0.396 e. The summed E-state index contributed by atoms with van der Waals surface area (Å²) in [6, 6.07) is 10.3. The number of aromatic nitrogens is 2. The van der Waals surface area contributed by atoms with Gasteiger partial charge in [0.05, 0.1) is 11.4 Å². The van der Waals surface area contributed by atoms with Gasteiger partial charge in [-0.1, -0.05) is 43.6 Å². The van der Waals surface area contributed by atoms with E-state index in [4.69, 9.17) is 21.8 Å². The number of hydrogen-bond acceptors (Lipinski definition) is 3. The first-order chi connectivity index (χ1) is 11.0. The summed E-state index contributed by atoms with van der Waals surface area (Å²) in [6.07, 6.45) is 1.75. The maximum Gasteiger partial charge on any atom is 0.137 e. The van der Waals surface area contributed by atoms with E-state index in [-0.39, 0.29) is 6.61 Å². The van der Waals surface area contributed by atoms with Crippen molar-refractivity contribution in [3.8, 4) is 5.69 Å². The van der Waals surface area contributed by atoms with Crippen LogP contribution in [0.4, 0.5) is 0 Å². The van der Waals surface area contributed by atoms with E-state index < -0.39 is 0 Å². The third-order valence-corrected chi connectivity index (χ3v) is 4.31. The number of aliphatic hydroxyl groups excluding tert-OH is 1. The molecule has 0 bridgehead atoms. The Hall–Kier alpha value is -1.36. The van der Waals surface area contributed by atoms with Crippen molar-refractivity contribution in [1.82, 2.24) is 15.1 Å². The molecule has 2 aromatic rings. The highest BCUT2D eigenvalue weighted by atomic mass is 35.5. The van der Waals surface area contributed by atoms with Gasteiger partial charge < -0.3 is 10.4 Å². The molecule has 0 fully saturated rings. The van der Waals surface area contributed by atoms with E-state index in [1.165, 1.54) is 0 Å². The van der Waals surface area contributed by atoms with Gasteiger partial charge >= 0.3 is 0 Å². The van der Waals surface area contributed by atoms with Crippen molar-refractivity contribution < 1.29 is 5.11 Å². The van der Waals surface area contributed by atoms with E-state index in [1.807, 2.05) is 35.0 Å². The van der Waals surface area contributed by atoms with Crippen LogP contribution in [0, 0.1) is 0 Å². The molecule has 1 aromatic carbocycles. The normalized spacial score (nSPS) is 12.8. The number of benzene rings is 1. The van der Waals surface area contributed by atoms with Crippen LogP contribution >= 0.6 is 11.6 Å². The highest BCUT2D eigenvalue weighted by Gasteiger charge is 2.19. The molecule has 1 aromatic heterocycles. The van der Waals surface area contributed by atoms with Crippen LogP contribution in [0.1, 0.15) is 50.8 Å². The molecular formula is C18H26ClN3O. The fourth-order valence-corrected chi connectivity index (χ4v) is 2.89. The quantitative estimate of drug-likeness (QED) is 0.769. The van der Waals surface area contributed by atoms with Gasteiger partial charge in [-0.3, -0.25) is 0 Å². The van der Waals surface area contributed by atoms with Gasteiger partial charge in [-0.15, -0.1) is 0 Å². The Morgan fingerprint density at radius 2 is 1.91 bits per heavy atom. The molecule has 0 aliphatic carbocycles. The Kier molecular flexibility index (Phi) is 6.63. The van der Waals surface area contributed by atoms with Crippen LogP contribution in [-0.2, 0) is 6.54 Å². The van der Waals surface area contributed by atoms with Crippen LogP contribution in [-0.4, -0.2) is 27.5 Å². The maximum absolute atomic E-state index is 8.93. The molecule has 5 heteroatoms. The summed E-state index contributed by atoms with van der Waals surface area (Å²) in [6.45, 7) is 7.31. The Morgan fingerprint density at radius 1 is 1.22 bits per heavy atom. The van der Waals surface area contributed by atoms with Gasteiger partial charge in [-0.05, 0) is 37.8 Å².